The molecule has 7 nitrogen and oxygen atoms in total. The number of thioether (sulfide) groups is 1. The van der Waals surface area contributed by atoms with Crippen molar-refractivity contribution in [3.8, 4) is 0 Å². The predicted octanol–water partition coefficient (Wildman–Crippen LogP) is 4.64. The number of carbonyl (C=O) groups is 4. The van der Waals surface area contributed by atoms with Gasteiger partial charge < -0.3 is 9.80 Å². The molecule has 8 heteroatoms. The van der Waals surface area contributed by atoms with Crippen molar-refractivity contribution < 1.29 is 19.2 Å². The van der Waals surface area contributed by atoms with Crippen LogP contribution in [-0.2, 0) is 16.1 Å². The van der Waals surface area contributed by atoms with Crippen LogP contribution in [0.4, 0.5) is 4.79 Å². The van der Waals surface area contributed by atoms with Gasteiger partial charge >= 0.3 is 0 Å². The molecule has 2 aliphatic heterocycles. The van der Waals surface area contributed by atoms with E-state index < -0.39 is 0 Å². The van der Waals surface area contributed by atoms with Gasteiger partial charge in [0.15, 0.2) is 0 Å². The van der Waals surface area contributed by atoms with Gasteiger partial charge in [0.25, 0.3) is 17.1 Å². The van der Waals surface area contributed by atoms with Crippen LogP contribution in [0.2, 0.25) is 0 Å². The summed E-state index contributed by atoms with van der Waals surface area (Å²) in [5, 5.41) is -0.306. The van der Waals surface area contributed by atoms with Crippen molar-refractivity contribution in [2.45, 2.75) is 33.2 Å². The third-order valence-electron chi connectivity index (χ3n) is 6.62. The van der Waals surface area contributed by atoms with E-state index in [4.69, 9.17) is 0 Å². The second kappa shape index (κ2) is 11.6. The van der Waals surface area contributed by atoms with Crippen LogP contribution in [0.1, 0.15) is 48.2 Å². The van der Waals surface area contributed by atoms with Crippen molar-refractivity contribution >= 4 is 40.8 Å². The number of piperidine rings is 1. The van der Waals surface area contributed by atoms with Gasteiger partial charge in [-0.3, -0.25) is 24.1 Å². The topological polar surface area (TPSA) is 78.0 Å². The SMILES string of the molecule is CCN(CC)C(=O)C1CCCN(C(=O)c2cccc(/C=C3\SC(=O)N(Cc4ccccc4)C3=O)c2)C1. The molecule has 0 saturated carbocycles. The number of imide groups is 1. The first kappa shape index (κ1) is 25.7. The van der Waals surface area contributed by atoms with E-state index in [0.29, 0.717) is 42.2 Å². The average molecular weight is 506 g/mol. The number of benzene rings is 2. The zero-order chi connectivity index (χ0) is 25.7. The third-order valence-corrected chi connectivity index (χ3v) is 7.53. The van der Waals surface area contributed by atoms with Crippen LogP contribution in [0.25, 0.3) is 6.08 Å². The Bertz CT molecular complexity index is 1180. The van der Waals surface area contributed by atoms with Crippen LogP contribution >= 0.6 is 11.8 Å². The van der Waals surface area contributed by atoms with E-state index in [9.17, 15) is 19.2 Å². The van der Waals surface area contributed by atoms with Crippen LogP contribution in [0.5, 0.6) is 0 Å². The second-order valence-corrected chi connectivity index (χ2v) is 9.97. The lowest BCUT2D eigenvalue weighted by atomic mass is 9.95. The summed E-state index contributed by atoms with van der Waals surface area (Å²) >= 11 is 0.910. The number of hydrogen-bond donors (Lipinski definition) is 0. The quantitative estimate of drug-likeness (QED) is 0.512. The summed E-state index contributed by atoms with van der Waals surface area (Å²) in [6.45, 7) is 6.52. The molecular weight excluding hydrogens is 474 g/mol. The summed E-state index contributed by atoms with van der Waals surface area (Å²) in [6.07, 6.45) is 3.24. The smallest absolute Gasteiger partial charge is 0.293 e. The second-order valence-electron chi connectivity index (χ2n) is 8.98. The van der Waals surface area contributed by atoms with E-state index >= 15 is 0 Å². The lowest BCUT2D eigenvalue weighted by Gasteiger charge is -2.34. The largest absolute Gasteiger partial charge is 0.343 e. The Morgan fingerprint density at radius 2 is 1.81 bits per heavy atom. The van der Waals surface area contributed by atoms with Crippen molar-refractivity contribution in [1.82, 2.24) is 14.7 Å². The van der Waals surface area contributed by atoms with Gasteiger partial charge in [0.2, 0.25) is 5.91 Å². The molecule has 2 aromatic rings. The van der Waals surface area contributed by atoms with Crippen LogP contribution in [-0.4, -0.2) is 63.8 Å². The van der Waals surface area contributed by atoms with Gasteiger partial charge in [0, 0.05) is 31.7 Å². The summed E-state index contributed by atoms with van der Waals surface area (Å²) < 4.78 is 0. The molecule has 0 aliphatic carbocycles. The maximum Gasteiger partial charge on any atom is 0.293 e. The number of amides is 4. The normalized spacial score (nSPS) is 19.2. The van der Waals surface area contributed by atoms with Crippen molar-refractivity contribution in [2.24, 2.45) is 5.92 Å². The average Bonchev–Trinajstić information content (AvgIpc) is 3.17. The standard InChI is InChI=1S/C28H31N3O4S/c1-3-29(4-2)26(33)23-14-9-15-30(19-23)25(32)22-13-8-12-21(16-22)17-24-27(34)31(28(35)36-24)18-20-10-6-5-7-11-20/h5-8,10-13,16-17,23H,3-4,9,14-15,18-19H2,1-2H3/b24-17-. The number of hydrogen-bond acceptors (Lipinski definition) is 5. The summed E-state index contributed by atoms with van der Waals surface area (Å²) in [5.74, 6) is -0.529. The molecule has 0 spiro atoms. The molecule has 188 valence electrons. The summed E-state index contributed by atoms with van der Waals surface area (Å²) in [5.41, 5.74) is 2.06. The van der Waals surface area contributed by atoms with E-state index in [1.165, 1.54) is 4.90 Å². The molecule has 0 radical (unpaired) electrons. The number of carbonyl (C=O) groups excluding carboxylic acids is 4. The van der Waals surface area contributed by atoms with E-state index in [2.05, 4.69) is 0 Å². The van der Waals surface area contributed by atoms with E-state index in [0.717, 1.165) is 30.2 Å². The van der Waals surface area contributed by atoms with Gasteiger partial charge in [-0.25, -0.2) is 0 Å². The first-order valence-electron chi connectivity index (χ1n) is 12.4. The van der Waals surface area contributed by atoms with Crippen molar-refractivity contribution in [1.29, 1.82) is 0 Å². The Morgan fingerprint density at radius 3 is 2.53 bits per heavy atom. The van der Waals surface area contributed by atoms with E-state index in [-0.39, 0.29) is 35.4 Å². The van der Waals surface area contributed by atoms with E-state index in [1.54, 1.807) is 29.2 Å². The third kappa shape index (κ3) is 5.70. The molecule has 0 N–H and O–H groups in total. The summed E-state index contributed by atoms with van der Waals surface area (Å²) in [6, 6.07) is 16.5. The minimum atomic E-state index is -0.334. The number of nitrogens with zero attached hydrogens (tertiary/aromatic N) is 3. The van der Waals surface area contributed by atoms with Gasteiger partial charge in [-0.1, -0.05) is 42.5 Å². The predicted molar refractivity (Wildman–Crippen MR) is 141 cm³/mol. The Labute approximate surface area is 216 Å². The molecule has 0 aromatic heterocycles. The highest BCUT2D eigenvalue weighted by atomic mass is 32.2. The minimum absolute atomic E-state index is 0.109. The fraction of sp³-hybridized carbons (Fsp3) is 0.357. The molecule has 4 amide bonds. The molecule has 2 heterocycles. The first-order valence-corrected chi connectivity index (χ1v) is 13.2. The lowest BCUT2D eigenvalue weighted by Crippen LogP contribution is -2.46. The highest BCUT2D eigenvalue weighted by Gasteiger charge is 2.35. The first-order chi connectivity index (χ1) is 17.4. The zero-order valence-corrected chi connectivity index (χ0v) is 21.5. The number of likely N-dealkylation sites (tertiary alicyclic amines) is 1. The van der Waals surface area contributed by atoms with Gasteiger partial charge in [-0.15, -0.1) is 0 Å². The Balaban J connectivity index is 1.46. The van der Waals surface area contributed by atoms with Crippen LogP contribution in [0.3, 0.4) is 0 Å². The molecule has 36 heavy (non-hydrogen) atoms. The Kier molecular flexibility index (Phi) is 8.25. The van der Waals surface area contributed by atoms with Crippen molar-refractivity contribution in [3.63, 3.8) is 0 Å². The van der Waals surface area contributed by atoms with Gasteiger partial charge in [-0.05, 0) is 67.8 Å². The molecule has 0 bridgehead atoms. The maximum atomic E-state index is 13.3. The minimum Gasteiger partial charge on any atom is -0.343 e. The van der Waals surface area contributed by atoms with Gasteiger partial charge in [0.05, 0.1) is 17.4 Å². The molecule has 2 fully saturated rings. The van der Waals surface area contributed by atoms with Crippen molar-refractivity contribution in [2.75, 3.05) is 26.2 Å². The molecule has 1 unspecified atom stereocenters. The fourth-order valence-electron chi connectivity index (χ4n) is 4.65. The molecule has 4 rings (SSSR count). The van der Waals surface area contributed by atoms with E-state index in [1.807, 2.05) is 55.1 Å². The van der Waals surface area contributed by atoms with Crippen LogP contribution in [0.15, 0.2) is 59.5 Å². The zero-order valence-electron chi connectivity index (χ0n) is 20.7. The molecule has 2 aliphatic rings. The molecule has 2 saturated heterocycles. The summed E-state index contributed by atoms with van der Waals surface area (Å²) in [7, 11) is 0. The highest BCUT2D eigenvalue weighted by Crippen LogP contribution is 2.33. The van der Waals surface area contributed by atoms with Crippen LogP contribution in [0, 0.1) is 5.92 Å². The summed E-state index contributed by atoms with van der Waals surface area (Å²) in [4.78, 5) is 56.6. The number of rotatable bonds is 7. The fourth-order valence-corrected chi connectivity index (χ4v) is 5.49. The maximum absolute atomic E-state index is 13.3. The Morgan fingerprint density at radius 1 is 1.06 bits per heavy atom. The Hall–Kier alpha value is -3.39. The molecular formula is C28H31N3O4S. The molecule has 2 aromatic carbocycles. The molecule has 1 atom stereocenters. The lowest BCUT2D eigenvalue weighted by molar-refractivity contribution is -0.136. The monoisotopic (exact) mass is 505 g/mol. The van der Waals surface area contributed by atoms with Crippen LogP contribution < -0.4 is 0 Å². The highest BCUT2D eigenvalue weighted by molar-refractivity contribution is 8.18. The van der Waals surface area contributed by atoms with Gasteiger partial charge in [0.1, 0.15) is 0 Å². The van der Waals surface area contributed by atoms with Gasteiger partial charge in [-0.2, -0.15) is 0 Å². The van der Waals surface area contributed by atoms with Crippen molar-refractivity contribution in [3.05, 3.63) is 76.2 Å².